The van der Waals surface area contributed by atoms with Crippen molar-refractivity contribution in [3.05, 3.63) is 0 Å². The molecule has 2 N–H and O–H groups in total. The number of alkyl carbamates (subject to hydrolysis) is 1. The van der Waals surface area contributed by atoms with E-state index < -0.39 is 24.5 Å². The molecule has 1 amide bonds. The van der Waals surface area contributed by atoms with E-state index in [1.807, 2.05) is 0 Å². The van der Waals surface area contributed by atoms with Gasteiger partial charge in [-0.15, -0.1) is 0 Å². The Bertz CT molecular complexity index is 343. The highest BCUT2D eigenvalue weighted by molar-refractivity contribution is 5.67. The van der Waals surface area contributed by atoms with Gasteiger partial charge in [0.2, 0.25) is 0 Å². The van der Waals surface area contributed by atoms with E-state index in [1.165, 1.54) is 0 Å². The first-order chi connectivity index (χ1) is 9.57. The van der Waals surface area contributed by atoms with E-state index in [9.17, 15) is 18.0 Å². The number of carbonyl (C=O) groups excluding carboxylic acids is 1. The van der Waals surface area contributed by atoms with Crippen molar-refractivity contribution >= 4 is 6.09 Å². The molecule has 2 atom stereocenters. The van der Waals surface area contributed by atoms with Gasteiger partial charge in [0.25, 0.3) is 0 Å². The molecule has 0 saturated heterocycles. The number of halogens is 3. The van der Waals surface area contributed by atoms with Gasteiger partial charge in [-0.1, -0.05) is 6.42 Å². The molecule has 1 rings (SSSR count). The molecule has 1 fully saturated rings. The lowest BCUT2D eigenvalue weighted by Crippen LogP contribution is -2.41. The highest BCUT2D eigenvalue weighted by Crippen LogP contribution is 2.25. The molecule has 1 aliphatic rings. The Balaban J connectivity index is 2.29. The van der Waals surface area contributed by atoms with Crippen LogP contribution in [0.15, 0.2) is 0 Å². The molecular formula is C13H23F3N2O3. The zero-order valence-electron chi connectivity index (χ0n) is 12.5. The molecule has 1 aliphatic carbocycles. The Kier molecular flexibility index (Phi) is 6.27. The second-order valence-corrected chi connectivity index (χ2v) is 6.20. The highest BCUT2D eigenvalue weighted by Gasteiger charge is 2.31. The summed E-state index contributed by atoms with van der Waals surface area (Å²) in [4.78, 5) is 16.0. The van der Waals surface area contributed by atoms with Gasteiger partial charge in [-0.05, 0) is 39.5 Å². The van der Waals surface area contributed by atoms with Crippen molar-refractivity contribution in [2.75, 3.05) is 13.2 Å². The van der Waals surface area contributed by atoms with Crippen LogP contribution in [-0.2, 0) is 9.57 Å². The molecule has 0 aliphatic heterocycles. The fraction of sp³-hybridized carbons (Fsp3) is 0.923. The van der Waals surface area contributed by atoms with Crippen molar-refractivity contribution in [1.82, 2.24) is 10.8 Å². The summed E-state index contributed by atoms with van der Waals surface area (Å²) in [6.07, 6.45) is -2.45. The molecule has 0 spiro atoms. The number of carbonyl (C=O) groups is 1. The van der Waals surface area contributed by atoms with Crippen LogP contribution in [0.5, 0.6) is 0 Å². The van der Waals surface area contributed by atoms with Gasteiger partial charge >= 0.3 is 12.3 Å². The lowest BCUT2D eigenvalue weighted by Gasteiger charge is -2.23. The predicted molar refractivity (Wildman–Crippen MR) is 70.5 cm³/mol. The quantitative estimate of drug-likeness (QED) is 0.766. The molecule has 5 nitrogen and oxygen atoms in total. The van der Waals surface area contributed by atoms with Crippen LogP contribution in [0.1, 0.15) is 40.0 Å². The summed E-state index contributed by atoms with van der Waals surface area (Å²) in [6.45, 7) is 4.31. The molecule has 8 heteroatoms. The molecular weight excluding hydrogens is 289 g/mol. The first-order valence-electron chi connectivity index (χ1n) is 6.98. The zero-order valence-corrected chi connectivity index (χ0v) is 12.5. The molecule has 2 unspecified atom stereocenters. The summed E-state index contributed by atoms with van der Waals surface area (Å²) in [5.41, 5.74) is 1.87. The third kappa shape index (κ3) is 8.11. The van der Waals surface area contributed by atoms with E-state index in [4.69, 9.17) is 4.74 Å². The van der Waals surface area contributed by atoms with Crippen molar-refractivity contribution in [2.45, 2.75) is 57.9 Å². The topological polar surface area (TPSA) is 59.6 Å². The Morgan fingerprint density at radius 1 is 1.24 bits per heavy atom. The minimum absolute atomic E-state index is 0.0331. The highest BCUT2D eigenvalue weighted by atomic mass is 19.4. The third-order valence-electron chi connectivity index (χ3n) is 3.04. The summed E-state index contributed by atoms with van der Waals surface area (Å²) in [5.74, 6) is 0.0331. The van der Waals surface area contributed by atoms with Crippen molar-refractivity contribution in [1.29, 1.82) is 0 Å². The fourth-order valence-electron chi connectivity index (χ4n) is 2.20. The maximum atomic E-state index is 12.0. The minimum Gasteiger partial charge on any atom is -0.444 e. The SMILES string of the molecule is CC(C)(C)OC(=O)NCC1CCCC1NOCC(F)(F)F. The van der Waals surface area contributed by atoms with E-state index in [0.29, 0.717) is 6.54 Å². The number of amides is 1. The van der Waals surface area contributed by atoms with E-state index in [-0.39, 0.29) is 12.0 Å². The largest absolute Gasteiger partial charge is 0.444 e. The number of nitrogens with one attached hydrogen (secondary N) is 2. The lowest BCUT2D eigenvalue weighted by atomic mass is 10.0. The van der Waals surface area contributed by atoms with Gasteiger partial charge in [0.15, 0.2) is 6.61 Å². The molecule has 0 heterocycles. The Morgan fingerprint density at radius 2 is 1.90 bits per heavy atom. The number of alkyl halides is 3. The van der Waals surface area contributed by atoms with E-state index in [2.05, 4.69) is 15.6 Å². The summed E-state index contributed by atoms with van der Waals surface area (Å²) >= 11 is 0. The number of rotatable bonds is 5. The maximum Gasteiger partial charge on any atom is 0.413 e. The monoisotopic (exact) mass is 312 g/mol. The number of hydrogen-bond donors (Lipinski definition) is 2. The zero-order chi connectivity index (χ0) is 16.1. The van der Waals surface area contributed by atoms with Gasteiger partial charge in [-0.25, -0.2) is 4.79 Å². The van der Waals surface area contributed by atoms with Crippen LogP contribution in [0, 0.1) is 5.92 Å². The smallest absolute Gasteiger partial charge is 0.413 e. The van der Waals surface area contributed by atoms with Crippen LogP contribution >= 0.6 is 0 Å². The van der Waals surface area contributed by atoms with Gasteiger partial charge in [0.05, 0.1) is 0 Å². The maximum absolute atomic E-state index is 12.0. The average molecular weight is 312 g/mol. The first kappa shape index (κ1) is 18.0. The second-order valence-electron chi connectivity index (χ2n) is 6.20. The van der Waals surface area contributed by atoms with Gasteiger partial charge in [0, 0.05) is 12.6 Å². The van der Waals surface area contributed by atoms with Gasteiger partial charge in [0.1, 0.15) is 5.60 Å². The Labute approximate surface area is 122 Å². The van der Waals surface area contributed by atoms with Crippen molar-refractivity contribution < 1.29 is 27.5 Å². The molecule has 124 valence electrons. The average Bonchev–Trinajstić information content (AvgIpc) is 2.70. The van der Waals surface area contributed by atoms with Gasteiger partial charge < -0.3 is 10.1 Å². The molecule has 1 saturated carbocycles. The van der Waals surface area contributed by atoms with Crippen LogP contribution in [0.3, 0.4) is 0 Å². The summed E-state index contributed by atoms with van der Waals surface area (Å²) in [7, 11) is 0. The van der Waals surface area contributed by atoms with Crippen molar-refractivity contribution in [2.24, 2.45) is 5.92 Å². The number of ether oxygens (including phenoxy) is 1. The molecule has 0 aromatic rings. The Hall–Kier alpha value is -1.02. The molecule has 0 bridgehead atoms. The van der Waals surface area contributed by atoms with Crippen molar-refractivity contribution in [3.8, 4) is 0 Å². The molecule has 21 heavy (non-hydrogen) atoms. The summed E-state index contributed by atoms with van der Waals surface area (Å²) in [6, 6.07) is -0.192. The van der Waals surface area contributed by atoms with E-state index >= 15 is 0 Å². The lowest BCUT2D eigenvalue weighted by molar-refractivity contribution is -0.193. The predicted octanol–water partition coefficient (Wildman–Crippen LogP) is 2.76. The second kappa shape index (κ2) is 7.31. The van der Waals surface area contributed by atoms with Gasteiger partial charge in [-0.2, -0.15) is 18.7 Å². The first-order valence-corrected chi connectivity index (χ1v) is 6.98. The number of hydroxylamine groups is 1. The van der Waals surface area contributed by atoms with E-state index in [0.717, 1.165) is 19.3 Å². The van der Waals surface area contributed by atoms with E-state index in [1.54, 1.807) is 20.8 Å². The molecule has 0 aromatic heterocycles. The number of hydrogen-bond acceptors (Lipinski definition) is 4. The van der Waals surface area contributed by atoms with Crippen LogP contribution in [0.2, 0.25) is 0 Å². The molecule has 0 aromatic carbocycles. The third-order valence-corrected chi connectivity index (χ3v) is 3.04. The van der Waals surface area contributed by atoms with Crippen LogP contribution in [-0.4, -0.2) is 37.1 Å². The summed E-state index contributed by atoms with van der Waals surface area (Å²) < 4.78 is 41.1. The normalized spacial score (nSPS) is 23.1. The Morgan fingerprint density at radius 3 is 2.48 bits per heavy atom. The fourth-order valence-corrected chi connectivity index (χ4v) is 2.20. The van der Waals surface area contributed by atoms with Crippen LogP contribution in [0.4, 0.5) is 18.0 Å². The summed E-state index contributed by atoms with van der Waals surface area (Å²) in [5, 5.41) is 2.64. The van der Waals surface area contributed by atoms with Crippen molar-refractivity contribution in [3.63, 3.8) is 0 Å². The molecule has 0 radical (unpaired) electrons. The minimum atomic E-state index is -4.35. The van der Waals surface area contributed by atoms with Crippen LogP contribution in [0.25, 0.3) is 0 Å². The van der Waals surface area contributed by atoms with Crippen LogP contribution < -0.4 is 10.8 Å². The van der Waals surface area contributed by atoms with Gasteiger partial charge in [-0.3, -0.25) is 4.84 Å². The standard InChI is InChI=1S/C13H23F3N2O3/c1-12(2,3)21-11(19)17-7-9-5-4-6-10(9)18-20-8-13(14,15)16/h9-10,18H,4-8H2,1-3H3,(H,17,19).